The Balaban J connectivity index is 1.56. The zero-order valence-corrected chi connectivity index (χ0v) is 15.3. The summed E-state index contributed by atoms with van der Waals surface area (Å²) in [5.74, 6) is 0.819. The number of fused-ring (bicyclic) bond motifs is 1. The predicted molar refractivity (Wildman–Crippen MR) is 106 cm³/mol. The van der Waals surface area contributed by atoms with Gasteiger partial charge in [-0.3, -0.25) is 9.78 Å². The van der Waals surface area contributed by atoms with Crippen LogP contribution in [-0.2, 0) is 11.2 Å². The first-order valence-corrected chi connectivity index (χ1v) is 8.84. The maximum Gasteiger partial charge on any atom is 0.230 e. The number of carbonyl (C=O) groups is 1. The Labute approximate surface area is 161 Å². The molecule has 0 radical (unpaired) electrons. The molecular formula is C21H16ClN3O2. The van der Waals surface area contributed by atoms with E-state index in [1.165, 1.54) is 0 Å². The van der Waals surface area contributed by atoms with Crippen LogP contribution >= 0.6 is 11.6 Å². The lowest BCUT2D eigenvalue weighted by molar-refractivity contribution is -0.115. The van der Waals surface area contributed by atoms with Crippen molar-refractivity contribution < 1.29 is 9.21 Å². The second-order valence-corrected chi connectivity index (χ2v) is 6.51. The second kappa shape index (κ2) is 7.21. The molecule has 2 aromatic carbocycles. The van der Waals surface area contributed by atoms with Crippen LogP contribution in [-0.4, -0.2) is 15.9 Å². The summed E-state index contributed by atoms with van der Waals surface area (Å²) in [6.07, 6.45) is 1.80. The number of aromatic nitrogens is 2. The minimum absolute atomic E-state index is 0.100. The van der Waals surface area contributed by atoms with Gasteiger partial charge in [0.2, 0.25) is 11.8 Å². The molecule has 0 aliphatic rings. The lowest BCUT2D eigenvalue weighted by Gasteiger charge is -2.07. The Kier molecular flexibility index (Phi) is 4.60. The van der Waals surface area contributed by atoms with Gasteiger partial charge in [0.25, 0.3) is 0 Å². The predicted octanol–water partition coefficient (Wildman–Crippen LogP) is 5.03. The zero-order valence-electron chi connectivity index (χ0n) is 14.6. The van der Waals surface area contributed by atoms with Gasteiger partial charge in [-0.25, -0.2) is 4.98 Å². The highest BCUT2D eigenvalue weighted by Gasteiger charge is 2.17. The molecule has 0 aliphatic heterocycles. The molecule has 0 unspecified atom stereocenters. The SMILES string of the molecule is Cc1oc(-c2ccccc2Cl)nc1CC(=O)Nc1cccc2cccnc12. The van der Waals surface area contributed by atoms with Gasteiger partial charge in [-0.2, -0.15) is 0 Å². The molecule has 27 heavy (non-hydrogen) atoms. The minimum Gasteiger partial charge on any atom is -0.441 e. The van der Waals surface area contributed by atoms with E-state index in [1.54, 1.807) is 19.2 Å². The zero-order chi connectivity index (χ0) is 18.8. The molecule has 0 saturated carbocycles. The van der Waals surface area contributed by atoms with Crippen molar-refractivity contribution in [3.05, 3.63) is 77.3 Å². The van der Waals surface area contributed by atoms with E-state index in [-0.39, 0.29) is 12.3 Å². The molecule has 0 atom stereocenters. The first-order chi connectivity index (χ1) is 13.1. The van der Waals surface area contributed by atoms with Gasteiger partial charge < -0.3 is 9.73 Å². The third-order valence-electron chi connectivity index (χ3n) is 4.23. The molecule has 0 fully saturated rings. The molecule has 0 aliphatic carbocycles. The van der Waals surface area contributed by atoms with Gasteiger partial charge in [-0.15, -0.1) is 0 Å². The van der Waals surface area contributed by atoms with Gasteiger partial charge in [-0.1, -0.05) is 41.9 Å². The molecule has 1 N–H and O–H groups in total. The second-order valence-electron chi connectivity index (χ2n) is 6.11. The summed E-state index contributed by atoms with van der Waals surface area (Å²) in [7, 11) is 0. The molecule has 0 bridgehead atoms. The first-order valence-electron chi connectivity index (χ1n) is 8.46. The maximum absolute atomic E-state index is 12.5. The van der Waals surface area contributed by atoms with Crippen molar-refractivity contribution in [2.75, 3.05) is 5.32 Å². The van der Waals surface area contributed by atoms with Crippen LogP contribution in [0.3, 0.4) is 0 Å². The number of oxazole rings is 1. The van der Waals surface area contributed by atoms with Crippen molar-refractivity contribution in [3.63, 3.8) is 0 Å². The highest BCUT2D eigenvalue weighted by atomic mass is 35.5. The maximum atomic E-state index is 12.5. The third-order valence-corrected chi connectivity index (χ3v) is 4.56. The average Bonchev–Trinajstić information content (AvgIpc) is 3.02. The van der Waals surface area contributed by atoms with Gasteiger partial charge in [0.1, 0.15) is 5.76 Å². The van der Waals surface area contributed by atoms with E-state index in [1.807, 2.05) is 48.5 Å². The van der Waals surface area contributed by atoms with Gasteiger partial charge in [0.05, 0.1) is 33.9 Å². The lowest BCUT2D eigenvalue weighted by atomic mass is 10.2. The van der Waals surface area contributed by atoms with Gasteiger partial charge in [0.15, 0.2) is 0 Å². The number of rotatable bonds is 4. The Morgan fingerprint density at radius 3 is 2.78 bits per heavy atom. The first kappa shape index (κ1) is 17.2. The summed E-state index contributed by atoms with van der Waals surface area (Å²) >= 11 is 6.20. The van der Waals surface area contributed by atoms with Crippen LogP contribution in [0.25, 0.3) is 22.4 Å². The Bertz CT molecular complexity index is 1130. The molecule has 4 rings (SSSR count). The molecule has 2 aromatic heterocycles. The number of halogens is 1. The largest absolute Gasteiger partial charge is 0.441 e. The van der Waals surface area contributed by atoms with E-state index in [9.17, 15) is 4.79 Å². The Morgan fingerprint density at radius 1 is 1.11 bits per heavy atom. The number of hydrogen-bond donors (Lipinski definition) is 1. The molecule has 2 heterocycles. The van der Waals surface area contributed by atoms with E-state index < -0.39 is 0 Å². The monoisotopic (exact) mass is 377 g/mol. The van der Waals surface area contributed by atoms with Crippen molar-refractivity contribution >= 4 is 34.1 Å². The molecule has 1 amide bonds. The smallest absolute Gasteiger partial charge is 0.230 e. The fourth-order valence-corrected chi connectivity index (χ4v) is 3.11. The highest BCUT2D eigenvalue weighted by Crippen LogP contribution is 2.28. The summed E-state index contributed by atoms with van der Waals surface area (Å²) in [5.41, 5.74) is 2.70. The number of hydrogen-bond acceptors (Lipinski definition) is 4. The molecule has 6 heteroatoms. The number of nitrogens with one attached hydrogen (secondary N) is 1. The minimum atomic E-state index is -0.185. The van der Waals surface area contributed by atoms with Crippen LogP contribution in [0.15, 0.2) is 65.2 Å². The Hall–Kier alpha value is -3.18. The van der Waals surface area contributed by atoms with Crippen molar-refractivity contribution in [2.45, 2.75) is 13.3 Å². The number of carbonyl (C=O) groups excluding carboxylic acids is 1. The van der Waals surface area contributed by atoms with Crippen LogP contribution in [0, 0.1) is 6.92 Å². The number of anilines is 1. The summed E-state index contributed by atoms with van der Waals surface area (Å²) in [5, 5.41) is 4.43. The number of nitrogens with zero attached hydrogens (tertiary/aromatic N) is 2. The van der Waals surface area contributed by atoms with Crippen LogP contribution < -0.4 is 5.32 Å². The molecule has 0 spiro atoms. The van der Waals surface area contributed by atoms with E-state index in [0.29, 0.717) is 33.6 Å². The standard InChI is InChI=1S/C21H16ClN3O2/c1-13-18(25-21(27-13)15-8-2-3-9-16(15)22)12-19(26)24-17-10-4-6-14-7-5-11-23-20(14)17/h2-11H,12H2,1H3,(H,24,26). The summed E-state index contributed by atoms with van der Waals surface area (Å²) in [4.78, 5) is 21.3. The van der Waals surface area contributed by atoms with Crippen LogP contribution in [0.5, 0.6) is 0 Å². The van der Waals surface area contributed by atoms with Crippen LogP contribution in [0.4, 0.5) is 5.69 Å². The van der Waals surface area contributed by atoms with E-state index in [4.69, 9.17) is 16.0 Å². The molecule has 0 saturated heterocycles. The van der Waals surface area contributed by atoms with Crippen molar-refractivity contribution in [3.8, 4) is 11.5 Å². The van der Waals surface area contributed by atoms with Crippen molar-refractivity contribution in [2.24, 2.45) is 0 Å². The summed E-state index contributed by atoms with van der Waals surface area (Å²) in [6, 6.07) is 16.8. The lowest BCUT2D eigenvalue weighted by Crippen LogP contribution is -2.15. The van der Waals surface area contributed by atoms with Crippen LogP contribution in [0.2, 0.25) is 5.02 Å². The quantitative estimate of drug-likeness (QED) is 0.541. The Morgan fingerprint density at radius 2 is 1.93 bits per heavy atom. The van der Waals surface area contributed by atoms with E-state index in [0.717, 1.165) is 10.9 Å². The highest BCUT2D eigenvalue weighted by molar-refractivity contribution is 6.33. The summed E-state index contributed by atoms with van der Waals surface area (Å²) in [6.45, 7) is 1.79. The third kappa shape index (κ3) is 3.55. The molecular weight excluding hydrogens is 362 g/mol. The number of aryl methyl sites for hydroxylation is 1. The fraction of sp³-hybridized carbons (Fsp3) is 0.0952. The van der Waals surface area contributed by atoms with E-state index >= 15 is 0 Å². The number of pyridine rings is 1. The van der Waals surface area contributed by atoms with Crippen LogP contribution in [0.1, 0.15) is 11.5 Å². The average molecular weight is 378 g/mol. The molecule has 4 aromatic rings. The van der Waals surface area contributed by atoms with Gasteiger partial charge in [0, 0.05) is 11.6 Å². The van der Waals surface area contributed by atoms with E-state index in [2.05, 4.69) is 15.3 Å². The number of amides is 1. The molecule has 5 nitrogen and oxygen atoms in total. The normalized spacial score (nSPS) is 10.9. The number of para-hydroxylation sites is 1. The van der Waals surface area contributed by atoms with Gasteiger partial charge >= 0.3 is 0 Å². The topological polar surface area (TPSA) is 68.0 Å². The molecule has 134 valence electrons. The summed E-state index contributed by atoms with van der Waals surface area (Å²) < 4.78 is 5.71. The fourth-order valence-electron chi connectivity index (χ4n) is 2.89. The van der Waals surface area contributed by atoms with Crippen molar-refractivity contribution in [1.29, 1.82) is 0 Å². The van der Waals surface area contributed by atoms with Gasteiger partial charge in [-0.05, 0) is 31.2 Å². The van der Waals surface area contributed by atoms with Crippen molar-refractivity contribution in [1.82, 2.24) is 9.97 Å². The number of benzene rings is 2.